The first-order valence-corrected chi connectivity index (χ1v) is 9.53. The summed E-state index contributed by atoms with van der Waals surface area (Å²) in [5.74, 6) is -4.52. The van der Waals surface area contributed by atoms with Crippen molar-refractivity contribution in [2.24, 2.45) is 0 Å². The van der Waals surface area contributed by atoms with Crippen LogP contribution in [0.1, 0.15) is 0 Å². The van der Waals surface area contributed by atoms with Gasteiger partial charge in [0.1, 0.15) is 5.52 Å². The third-order valence-corrected chi connectivity index (χ3v) is 5.69. The number of benzene rings is 2. The minimum absolute atomic E-state index is 0.0792. The van der Waals surface area contributed by atoms with Crippen LogP contribution >= 0.6 is 23.1 Å². The number of pyridine rings is 1. The zero-order chi connectivity index (χ0) is 19.0. The lowest BCUT2D eigenvalue weighted by molar-refractivity contribution is -0.113. The molecule has 0 aliphatic heterocycles. The number of halogens is 3. The highest BCUT2D eigenvalue weighted by atomic mass is 32.2. The number of thiazole rings is 1. The third kappa shape index (κ3) is 3.47. The molecule has 0 aliphatic rings. The summed E-state index contributed by atoms with van der Waals surface area (Å²) in [6.45, 7) is 0. The van der Waals surface area contributed by atoms with Gasteiger partial charge in [0.25, 0.3) is 0 Å². The van der Waals surface area contributed by atoms with Gasteiger partial charge in [-0.1, -0.05) is 29.5 Å². The summed E-state index contributed by atoms with van der Waals surface area (Å²) >= 11 is 2.18. The Balaban J connectivity index is 1.50. The van der Waals surface area contributed by atoms with Gasteiger partial charge >= 0.3 is 0 Å². The van der Waals surface area contributed by atoms with Gasteiger partial charge < -0.3 is 5.32 Å². The second kappa shape index (κ2) is 7.16. The lowest BCUT2D eigenvalue weighted by atomic mass is 10.2. The molecule has 4 nitrogen and oxygen atoms in total. The number of carbonyl (C=O) groups is 1. The molecule has 4 aromatic rings. The quantitative estimate of drug-likeness (QED) is 0.384. The van der Waals surface area contributed by atoms with E-state index in [1.54, 1.807) is 6.20 Å². The van der Waals surface area contributed by atoms with E-state index in [0.717, 1.165) is 33.2 Å². The van der Waals surface area contributed by atoms with E-state index in [-0.39, 0.29) is 27.0 Å². The van der Waals surface area contributed by atoms with Crippen LogP contribution in [0.3, 0.4) is 0 Å². The molecule has 9 heteroatoms. The van der Waals surface area contributed by atoms with E-state index in [1.807, 2.05) is 30.3 Å². The molecule has 0 radical (unpaired) electrons. The maximum absolute atomic E-state index is 13.7. The Bertz CT molecular complexity index is 1170. The number of thioether (sulfide) groups is 1. The summed E-state index contributed by atoms with van der Waals surface area (Å²) in [6, 6.07) is 10.3. The van der Waals surface area contributed by atoms with E-state index in [0.29, 0.717) is 0 Å². The second-order valence-corrected chi connectivity index (χ2v) is 7.57. The molecule has 0 bridgehead atoms. The first-order chi connectivity index (χ1) is 13.0. The van der Waals surface area contributed by atoms with Crippen LogP contribution in [0.25, 0.3) is 21.1 Å². The Kier molecular flexibility index (Phi) is 4.71. The van der Waals surface area contributed by atoms with Crippen molar-refractivity contribution in [1.29, 1.82) is 0 Å². The molecule has 0 atom stereocenters. The number of anilines is 1. The molecular weight excluding hydrogens is 395 g/mol. The Morgan fingerprint density at radius 1 is 1.11 bits per heavy atom. The van der Waals surface area contributed by atoms with Crippen molar-refractivity contribution in [2.75, 3.05) is 11.1 Å². The first kappa shape index (κ1) is 17.7. The SMILES string of the molecule is O=C(CSc1cccc2cccnc12)Nc1nc2c(F)c(F)c(F)cc2s1. The molecule has 1 amide bonds. The van der Waals surface area contributed by atoms with E-state index in [1.165, 1.54) is 11.8 Å². The number of nitrogens with zero attached hydrogens (tertiary/aromatic N) is 2. The molecule has 2 heterocycles. The van der Waals surface area contributed by atoms with Crippen molar-refractivity contribution in [1.82, 2.24) is 9.97 Å². The molecule has 2 aromatic heterocycles. The largest absolute Gasteiger partial charge is 0.301 e. The Labute approximate surface area is 159 Å². The smallest absolute Gasteiger partial charge is 0.236 e. The fourth-order valence-electron chi connectivity index (χ4n) is 2.52. The fourth-order valence-corrected chi connectivity index (χ4v) is 4.26. The number of amides is 1. The number of rotatable bonds is 4. The number of carbonyl (C=O) groups excluding carboxylic acids is 1. The van der Waals surface area contributed by atoms with Crippen molar-refractivity contribution in [3.8, 4) is 0 Å². The van der Waals surface area contributed by atoms with Gasteiger partial charge in [0, 0.05) is 16.5 Å². The molecule has 1 N–H and O–H groups in total. The number of nitrogens with one attached hydrogen (secondary N) is 1. The van der Waals surface area contributed by atoms with Gasteiger partial charge in [-0.15, -0.1) is 11.8 Å². The number of fused-ring (bicyclic) bond motifs is 2. The van der Waals surface area contributed by atoms with E-state index < -0.39 is 17.5 Å². The Hall–Kier alpha value is -2.65. The Morgan fingerprint density at radius 2 is 1.93 bits per heavy atom. The molecule has 2 aromatic carbocycles. The van der Waals surface area contributed by atoms with Crippen LogP contribution in [0.15, 0.2) is 47.5 Å². The highest BCUT2D eigenvalue weighted by molar-refractivity contribution is 8.00. The average molecular weight is 405 g/mol. The summed E-state index contributed by atoms with van der Waals surface area (Å²) in [5, 5.41) is 3.58. The summed E-state index contributed by atoms with van der Waals surface area (Å²) in [5.41, 5.74) is 0.492. The average Bonchev–Trinajstić information content (AvgIpc) is 3.06. The van der Waals surface area contributed by atoms with Gasteiger partial charge in [-0.2, -0.15) is 0 Å². The van der Waals surface area contributed by atoms with Crippen molar-refractivity contribution in [3.63, 3.8) is 0 Å². The van der Waals surface area contributed by atoms with Gasteiger partial charge in [-0.3, -0.25) is 9.78 Å². The topological polar surface area (TPSA) is 54.9 Å². The van der Waals surface area contributed by atoms with Gasteiger partial charge in [0.15, 0.2) is 22.6 Å². The van der Waals surface area contributed by atoms with Crippen LogP contribution in [0.2, 0.25) is 0 Å². The molecule has 0 saturated carbocycles. The molecule has 0 aliphatic carbocycles. The van der Waals surface area contributed by atoms with Gasteiger partial charge in [-0.25, -0.2) is 18.2 Å². The normalized spacial score (nSPS) is 11.2. The number of aromatic nitrogens is 2. The van der Waals surface area contributed by atoms with Crippen molar-refractivity contribution in [3.05, 3.63) is 60.0 Å². The van der Waals surface area contributed by atoms with Crippen molar-refractivity contribution in [2.45, 2.75) is 4.90 Å². The zero-order valence-corrected chi connectivity index (χ0v) is 15.1. The lowest BCUT2D eigenvalue weighted by Gasteiger charge is -2.05. The second-order valence-electron chi connectivity index (χ2n) is 5.52. The molecule has 4 rings (SSSR count). The molecule has 0 unspecified atom stereocenters. The van der Waals surface area contributed by atoms with Crippen LogP contribution in [-0.4, -0.2) is 21.6 Å². The molecule has 0 saturated heterocycles. The highest BCUT2D eigenvalue weighted by Gasteiger charge is 2.18. The van der Waals surface area contributed by atoms with E-state index in [9.17, 15) is 18.0 Å². The third-order valence-electron chi connectivity index (χ3n) is 3.72. The summed E-state index contributed by atoms with van der Waals surface area (Å²) in [7, 11) is 0. The van der Waals surface area contributed by atoms with Crippen LogP contribution in [-0.2, 0) is 4.79 Å². The number of hydrogen-bond acceptors (Lipinski definition) is 5. The van der Waals surface area contributed by atoms with E-state index in [2.05, 4.69) is 15.3 Å². The molecular formula is C18H10F3N3OS2. The van der Waals surface area contributed by atoms with Crippen LogP contribution in [0, 0.1) is 17.5 Å². The van der Waals surface area contributed by atoms with Gasteiger partial charge in [0.05, 0.1) is 16.0 Å². The summed E-state index contributed by atoms with van der Waals surface area (Å²) < 4.78 is 40.4. The maximum atomic E-state index is 13.7. The van der Waals surface area contributed by atoms with Crippen LogP contribution < -0.4 is 5.32 Å². The van der Waals surface area contributed by atoms with Gasteiger partial charge in [0.2, 0.25) is 5.91 Å². The van der Waals surface area contributed by atoms with E-state index >= 15 is 0 Å². The Morgan fingerprint density at radius 3 is 2.78 bits per heavy atom. The van der Waals surface area contributed by atoms with Crippen LogP contribution in [0.4, 0.5) is 18.3 Å². The number of para-hydroxylation sites is 1. The monoisotopic (exact) mass is 405 g/mol. The predicted octanol–water partition coefficient (Wildman–Crippen LogP) is 4.99. The minimum Gasteiger partial charge on any atom is -0.301 e. The number of hydrogen-bond donors (Lipinski definition) is 1. The predicted molar refractivity (Wildman–Crippen MR) is 101 cm³/mol. The summed E-state index contributed by atoms with van der Waals surface area (Å²) in [4.78, 5) is 21.2. The summed E-state index contributed by atoms with van der Waals surface area (Å²) in [6.07, 6.45) is 1.68. The van der Waals surface area contributed by atoms with Gasteiger partial charge in [-0.05, 0) is 18.2 Å². The highest BCUT2D eigenvalue weighted by Crippen LogP contribution is 2.31. The molecule has 27 heavy (non-hydrogen) atoms. The van der Waals surface area contributed by atoms with E-state index in [4.69, 9.17) is 0 Å². The molecule has 136 valence electrons. The van der Waals surface area contributed by atoms with Crippen LogP contribution in [0.5, 0.6) is 0 Å². The van der Waals surface area contributed by atoms with Crippen molar-refractivity contribution < 1.29 is 18.0 Å². The zero-order valence-electron chi connectivity index (χ0n) is 13.5. The standard InChI is InChI=1S/C18H10F3N3OS2/c19-10-7-12-17(15(21)14(10)20)24-18(27-12)23-13(25)8-26-11-5-1-3-9-4-2-6-22-16(9)11/h1-7H,8H2,(H,23,24,25). The molecule has 0 spiro atoms. The fraction of sp³-hybridized carbons (Fsp3) is 0.0556. The molecule has 0 fully saturated rings. The first-order valence-electron chi connectivity index (χ1n) is 7.73. The minimum atomic E-state index is -1.58. The lowest BCUT2D eigenvalue weighted by Crippen LogP contribution is -2.13. The maximum Gasteiger partial charge on any atom is 0.236 e. The van der Waals surface area contributed by atoms with Crippen molar-refractivity contribution >= 4 is 55.3 Å².